The summed E-state index contributed by atoms with van der Waals surface area (Å²) in [6.45, 7) is 1.97. The monoisotopic (exact) mass is 370 g/mol. The van der Waals surface area contributed by atoms with Crippen LogP contribution in [0.2, 0.25) is 0 Å². The van der Waals surface area contributed by atoms with Gasteiger partial charge in [-0.25, -0.2) is 4.79 Å². The zero-order chi connectivity index (χ0) is 18.4. The van der Waals surface area contributed by atoms with Gasteiger partial charge in [-0.05, 0) is 42.8 Å². The molecule has 0 amide bonds. The van der Waals surface area contributed by atoms with E-state index >= 15 is 0 Å². The zero-order valence-corrected chi connectivity index (χ0v) is 14.2. The molecule has 2 aromatic carbocycles. The normalized spacial score (nSPS) is 12.6. The molecule has 0 bridgehead atoms. The maximum Gasteiger partial charge on any atom is 0.416 e. The molecule has 7 heteroatoms. The molecule has 0 aliphatic heterocycles. The minimum atomic E-state index is -4.44. The Kier molecular flexibility index (Phi) is 6.36. The summed E-state index contributed by atoms with van der Waals surface area (Å²) < 4.78 is 42.9. The number of aliphatic carboxylic acids is 1. The summed E-state index contributed by atoms with van der Waals surface area (Å²) in [6.07, 6.45) is -5.32. The molecule has 0 aliphatic carbocycles. The Morgan fingerprint density at radius 1 is 1.16 bits per heavy atom. The summed E-state index contributed by atoms with van der Waals surface area (Å²) in [7, 11) is 0. The number of alkyl halides is 3. The lowest BCUT2D eigenvalue weighted by Crippen LogP contribution is -2.27. The molecule has 2 aromatic rings. The van der Waals surface area contributed by atoms with E-state index in [4.69, 9.17) is 4.74 Å². The van der Waals surface area contributed by atoms with Gasteiger partial charge in [-0.1, -0.05) is 18.2 Å². The van der Waals surface area contributed by atoms with Crippen LogP contribution >= 0.6 is 11.8 Å². The molecule has 2 rings (SSSR count). The lowest BCUT2D eigenvalue weighted by molar-refractivity contribution is -0.145. The third kappa shape index (κ3) is 5.70. The molecule has 0 aromatic heterocycles. The van der Waals surface area contributed by atoms with Crippen LogP contribution in [0.15, 0.2) is 53.4 Å². The lowest BCUT2D eigenvalue weighted by atomic mass is 10.2. The summed E-state index contributed by atoms with van der Waals surface area (Å²) in [5, 5.41) is 9.26. The van der Waals surface area contributed by atoms with E-state index in [1.807, 2.05) is 31.2 Å². The number of thioether (sulfide) groups is 1. The van der Waals surface area contributed by atoms with Gasteiger partial charge in [0.15, 0.2) is 6.10 Å². The Labute approximate surface area is 147 Å². The van der Waals surface area contributed by atoms with Crippen molar-refractivity contribution >= 4 is 17.7 Å². The van der Waals surface area contributed by atoms with Crippen molar-refractivity contribution in [2.45, 2.75) is 30.5 Å². The topological polar surface area (TPSA) is 46.5 Å². The molecule has 0 saturated carbocycles. The molecule has 0 spiro atoms. The highest BCUT2D eigenvalue weighted by Gasteiger charge is 2.30. The molecule has 1 atom stereocenters. The number of hydrogen-bond acceptors (Lipinski definition) is 3. The van der Waals surface area contributed by atoms with Crippen molar-refractivity contribution < 1.29 is 27.8 Å². The van der Waals surface area contributed by atoms with E-state index in [-0.39, 0.29) is 12.2 Å². The third-order valence-corrected chi connectivity index (χ3v) is 4.68. The highest BCUT2D eigenvalue weighted by molar-refractivity contribution is 7.99. The standard InChI is InChI=1S/C18H17F3O3S/c1-12-4-2-3-5-16(12)25-11-10-15(17(22)23)24-14-8-6-13(7-9-14)18(19,20)21/h2-9,15H,10-11H2,1H3,(H,22,23)/t15-/m1/s1. The van der Waals surface area contributed by atoms with Crippen LogP contribution in [-0.4, -0.2) is 22.9 Å². The molecule has 0 radical (unpaired) electrons. The van der Waals surface area contributed by atoms with Gasteiger partial charge in [0.25, 0.3) is 0 Å². The molecule has 3 nitrogen and oxygen atoms in total. The van der Waals surface area contributed by atoms with Crippen molar-refractivity contribution in [3.8, 4) is 5.75 Å². The van der Waals surface area contributed by atoms with Crippen molar-refractivity contribution in [1.29, 1.82) is 0 Å². The first-order valence-electron chi connectivity index (χ1n) is 7.52. The number of aryl methyl sites for hydroxylation is 1. The summed E-state index contributed by atoms with van der Waals surface area (Å²) in [5.74, 6) is -0.533. The van der Waals surface area contributed by atoms with Gasteiger partial charge in [-0.2, -0.15) is 13.2 Å². The number of ether oxygens (including phenoxy) is 1. The highest BCUT2D eigenvalue weighted by Crippen LogP contribution is 2.30. The molecule has 0 saturated heterocycles. The van der Waals surface area contributed by atoms with Gasteiger partial charge in [0.05, 0.1) is 5.56 Å². The van der Waals surface area contributed by atoms with Crippen molar-refractivity contribution in [3.05, 3.63) is 59.7 Å². The van der Waals surface area contributed by atoms with E-state index in [2.05, 4.69) is 0 Å². The predicted molar refractivity (Wildman–Crippen MR) is 90.0 cm³/mol. The molecule has 134 valence electrons. The summed E-state index contributed by atoms with van der Waals surface area (Å²) in [6, 6.07) is 11.8. The van der Waals surface area contributed by atoms with Crippen LogP contribution in [-0.2, 0) is 11.0 Å². The van der Waals surface area contributed by atoms with Gasteiger partial charge in [0.2, 0.25) is 0 Å². The van der Waals surface area contributed by atoms with Crippen LogP contribution in [0.5, 0.6) is 5.75 Å². The van der Waals surface area contributed by atoms with Gasteiger partial charge in [-0.3, -0.25) is 0 Å². The molecular weight excluding hydrogens is 353 g/mol. The molecular formula is C18H17F3O3S. The number of benzene rings is 2. The number of carboxylic acids is 1. The number of rotatable bonds is 7. The second-order valence-corrected chi connectivity index (χ2v) is 6.51. The van der Waals surface area contributed by atoms with Gasteiger partial charge < -0.3 is 9.84 Å². The van der Waals surface area contributed by atoms with Crippen LogP contribution in [0.1, 0.15) is 17.5 Å². The third-order valence-electron chi connectivity index (χ3n) is 3.47. The maximum absolute atomic E-state index is 12.5. The summed E-state index contributed by atoms with van der Waals surface area (Å²) in [4.78, 5) is 12.4. The van der Waals surface area contributed by atoms with Gasteiger partial charge >= 0.3 is 12.1 Å². The molecule has 25 heavy (non-hydrogen) atoms. The van der Waals surface area contributed by atoms with Crippen LogP contribution in [0.25, 0.3) is 0 Å². The van der Waals surface area contributed by atoms with Crippen molar-refractivity contribution in [1.82, 2.24) is 0 Å². The molecule has 0 aliphatic rings. The van der Waals surface area contributed by atoms with E-state index in [1.165, 1.54) is 11.8 Å². The fraction of sp³-hybridized carbons (Fsp3) is 0.278. The summed E-state index contributed by atoms with van der Waals surface area (Å²) >= 11 is 1.52. The Balaban J connectivity index is 1.94. The van der Waals surface area contributed by atoms with Crippen molar-refractivity contribution in [2.75, 3.05) is 5.75 Å². The number of halogens is 3. The number of carbonyl (C=O) groups is 1. The molecule has 1 N–H and O–H groups in total. The fourth-order valence-electron chi connectivity index (χ4n) is 2.11. The lowest BCUT2D eigenvalue weighted by Gasteiger charge is -2.16. The van der Waals surface area contributed by atoms with E-state index in [0.717, 1.165) is 34.7 Å². The molecule has 0 unspecified atom stereocenters. The quantitative estimate of drug-likeness (QED) is 0.695. The molecule has 0 heterocycles. The Morgan fingerprint density at radius 3 is 2.36 bits per heavy atom. The van der Waals surface area contributed by atoms with Crippen molar-refractivity contribution in [3.63, 3.8) is 0 Å². The van der Waals surface area contributed by atoms with Crippen molar-refractivity contribution in [2.24, 2.45) is 0 Å². The van der Waals surface area contributed by atoms with Crippen LogP contribution in [0.3, 0.4) is 0 Å². The minimum Gasteiger partial charge on any atom is -0.479 e. The van der Waals surface area contributed by atoms with E-state index in [1.54, 1.807) is 0 Å². The van der Waals surface area contributed by atoms with Crippen LogP contribution < -0.4 is 4.74 Å². The second kappa shape index (κ2) is 8.29. The minimum absolute atomic E-state index is 0.0984. The van der Waals surface area contributed by atoms with Gasteiger partial charge in [0, 0.05) is 17.1 Å². The Hall–Kier alpha value is -2.15. The maximum atomic E-state index is 12.5. The first kappa shape index (κ1) is 19.2. The average Bonchev–Trinajstić information content (AvgIpc) is 2.55. The average molecular weight is 370 g/mol. The van der Waals surface area contributed by atoms with Crippen LogP contribution in [0.4, 0.5) is 13.2 Å². The Morgan fingerprint density at radius 2 is 1.80 bits per heavy atom. The number of hydrogen-bond donors (Lipinski definition) is 1. The smallest absolute Gasteiger partial charge is 0.416 e. The van der Waals surface area contributed by atoms with E-state index < -0.39 is 23.8 Å². The SMILES string of the molecule is Cc1ccccc1SCC[C@@H](Oc1ccc(C(F)(F)F)cc1)C(=O)O. The van der Waals surface area contributed by atoms with E-state index in [9.17, 15) is 23.1 Å². The van der Waals surface area contributed by atoms with Crippen LogP contribution in [0, 0.1) is 6.92 Å². The second-order valence-electron chi connectivity index (χ2n) is 5.37. The fourth-order valence-corrected chi connectivity index (χ4v) is 3.14. The summed E-state index contributed by atoms with van der Waals surface area (Å²) in [5.41, 5.74) is 0.296. The van der Waals surface area contributed by atoms with Gasteiger partial charge in [0.1, 0.15) is 5.75 Å². The Bertz CT molecular complexity index is 714. The number of carboxylic acid groups (broad SMARTS) is 1. The first-order chi connectivity index (χ1) is 11.8. The van der Waals surface area contributed by atoms with E-state index in [0.29, 0.717) is 5.75 Å². The first-order valence-corrected chi connectivity index (χ1v) is 8.51. The highest BCUT2D eigenvalue weighted by atomic mass is 32.2. The predicted octanol–water partition coefficient (Wildman–Crippen LogP) is 5.03. The van der Waals surface area contributed by atoms with Gasteiger partial charge in [-0.15, -0.1) is 11.8 Å². The molecule has 0 fully saturated rings. The zero-order valence-electron chi connectivity index (χ0n) is 13.4. The largest absolute Gasteiger partial charge is 0.479 e.